The molecule has 2 aromatic rings. The first-order chi connectivity index (χ1) is 9.26. The Morgan fingerprint density at radius 1 is 1.11 bits per heavy atom. The van der Waals surface area contributed by atoms with Crippen LogP contribution in [0.1, 0.15) is 16.7 Å². The Morgan fingerprint density at radius 2 is 1.89 bits per heavy atom. The minimum Gasteiger partial charge on any atom is -0.392 e. The molecule has 1 N–H and O–H groups in total. The minimum absolute atomic E-state index is 0.130. The zero-order valence-corrected chi connectivity index (χ0v) is 10.6. The molecule has 2 aromatic carbocycles. The quantitative estimate of drug-likeness (QED) is 0.894. The van der Waals surface area contributed by atoms with Crippen LogP contribution in [0, 0.1) is 5.82 Å². The van der Waals surface area contributed by atoms with Crippen LogP contribution in [0.5, 0.6) is 0 Å². The van der Waals surface area contributed by atoms with Gasteiger partial charge in [0, 0.05) is 18.8 Å². The van der Waals surface area contributed by atoms with Crippen molar-refractivity contribution in [2.24, 2.45) is 0 Å². The monoisotopic (exact) mass is 257 g/mol. The lowest BCUT2D eigenvalue weighted by atomic mass is 9.99. The van der Waals surface area contributed by atoms with Gasteiger partial charge in [-0.2, -0.15) is 0 Å². The van der Waals surface area contributed by atoms with Gasteiger partial charge in [0.15, 0.2) is 0 Å². The second-order valence-electron chi connectivity index (χ2n) is 4.92. The van der Waals surface area contributed by atoms with Crippen LogP contribution in [0.15, 0.2) is 42.5 Å². The largest absolute Gasteiger partial charge is 0.392 e. The van der Waals surface area contributed by atoms with E-state index in [-0.39, 0.29) is 12.4 Å². The van der Waals surface area contributed by atoms with Gasteiger partial charge in [-0.05, 0) is 41.3 Å². The highest BCUT2D eigenvalue weighted by Gasteiger charge is 2.16. The third-order valence-corrected chi connectivity index (χ3v) is 3.62. The molecule has 0 bridgehead atoms. The van der Waals surface area contributed by atoms with Crippen LogP contribution in [0.2, 0.25) is 0 Å². The van der Waals surface area contributed by atoms with E-state index in [9.17, 15) is 4.39 Å². The average Bonchev–Trinajstić information content (AvgIpc) is 2.46. The van der Waals surface area contributed by atoms with Gasteiger partial charge in [-0.15, -0.1) is 0 Å². The lowest BCUT2D eigenvalue weighted by molar-refractivity contribution is 0.281. The number of hydrogen-bond donors (Lipinski definition) is 1. The first-order valence-electron chi connectivity index (χ1n) is 6.48. The molecule has 2 nitrogen and oxygen atoms in total. The fourth-order valence-electron chi connectivity index (χ4n) is 2.62. The summed E-state index contributed by atoms with van der Waals surface area (Å²) in [6, 6.07) is 13.1. The van der Waals surface area contributed by atoms with E-state index in [2.05, 4.69) is 23.1 Å². The predicted molar refractivity (Wildman–Crippen MR) is 73.5 cm³/mol. The predicted octanol–water partition coefficient (Wildman–Crippen LogP) is 2.88. The van der Waals surface area contributed by atoms with Crippen molar-refractivity contribution in [1.82, 2.24) is 0 Å². The van der Waals surface area contributed by atoms with Crippen molar-refractivity contribution < 1.29 is 9.50 Å². The Hall–Kier alpha value is -1.87. The number of fused-ring (bicyclic) bond motifs is 1. The molecule has 0 unspecified atom stereocenters. The van der Waals surface area contributed by atoms with Gasteiger partial charge in [0.25, 0.3) is 0 Å². The van der Waals surface area contributed by atoms with Crippen molar-refractivity contribution in [1.29, 1.82) is 0 Å². The van der Waals surface area contributed by atoms with Crippen molar-refractivity contribution in [3.8, 4) is 0 Å². The fraction of sp³-hybridized carbons (Fsp3) is 0.250. The number of anilines is 1. The maximum absolute atomic E-state index is 13.5. The standard InChI is InChI=1S/C16H16FNO/c17-15-7-12(11-19)8-16(9-15)18-6-5-13-3-1-2-4-14(13)10-18/h1-4,7-9,19H,5-6,10-11H2. The molecule has 19 heavy (non-hydrogen) atoms. The molecule has 3 heteroatoms. The molecule has 0 atom stereocenters. The van der Waals surface area contributed by atoms with Crippen molar-refractivity contribution in [2.45, 2.75) is 19.6 Å². The lowest BCUT2D eigenvalue weighted by Crippen LogP contribution is -2.30. The SMILES string of the molecule is OCc1cc(F)cc(N2CCc3ccccc3C2)c1. The van der Waals surface area contributed by atoms with E-state index in [1.165, 1.54) is 23.3 Å². The normalized spacial score (nSPS) is 14.3. The lowest BCUT2D eigenvalue weighted by Gasteiger charge is -2.31. The highest BCUT2D eigenvalue weighted by molar-refractivity contribution is 5.51. The van der Waals surface area contributed by atoms with Crippen molar-refractivity contribution >= 4 is 5.69 Å². The molecule has 0 spiro atoms. The van der Waals surface area contributed by atoms with Gasteiger partial charge in [-0.1, -0.05) is 24.3 Å². The summed E-state index contributed by atoms with van der Waals surface area (Å²) >= 11 is 0. The Morgan fingerprint density at radius 3 is 2.68 bits per heavy atom. The van der Waals surface area contributed by atoms with E-state index >= 15 is 0 Å². The summed E-state index contributed by atoms with van der Waals surface area (Å²) < 4.78 is 13.5. The fourth-order valence-corrected chi connectivity index (χ4v) is 2.62. The molecule has 0 fully saturated rings. The van der Waals surface area contributed by atoms with E-state index in [1.807, 2.05) is 12.1 Å². The molecule has 1 aliphatic heterocycles. The first kappa shape index (κ1) is 12.2. The van der Waals surface area contributed by atoms with Crippen molar-refractivity contribution in [2.75, 3.05) is 11.4 Å². The van der Waals surface area contributed by atoms with Crippen LogP contribution in [0.4, 0.5) is 10.1 Å². The van der Waals surface area contributed by atoms with Crippen LogP contribution >= 0.6 is 0 Å². The molecule has 0 radical (unpaired) electrons. The zero-order valence-electron chi connectivity index (χ0n) is 10.6. The van der Waals surface area contributed by atoms with Gasteiger partial charge in [0.2, 0.25) is 0 Å². The number of aliphatic hydroxyl groups excluding tert-OH is 1. The van der Waals surface area contributed by atoms with Crippen LogP contribution < -0.4 is 4.90 Å². The van der Waals surface area contributed by atoms with E-state index < -0.39 is 0 Å². The van der Waals surface area contributed by atoms with Crippen molar-refractivity contribution in [3.63, 3.8) is 0 Å². The van der Waals surface area contributed by atoms with E-state index in [1.54, 1.807) is 0 Å². The summed E-state index contributed by atoms with van der Waals surface area (Å²) in [5.41, 5.74) is 4.13. The summed E-state index contributed by atoms with van der Waals surface area (Å²) in [4.78, 5) is 2.16. The minimum atomic E-state index is -0.291. The second-order valence-corrected chi connectivity index (χ2v) is 4.92. The Labute approximate surface area is 112 Å². The number of halogens is 1. The second kappa shape index (κ2) is 5.02. The van der Waals surface area contributed by atoms with Crippen LogP contribution in [0.25, 0.3) is 0 Å². The van der Waals surface area contributed by atoms with Gasteiger partial charge in [-0.3, -0.25) is 0 Å². The molecular weight excluding hydrogens is 241 g/mol. The summed E-state index contributed by atoms with van der Waals surface area (Å²) in [7, 11) is 0. The number of benzene rings is 2. The van der Waals surface area contributed by atoms with Gasteiger partial charge < -0.3 is 10.0 Å². The van der Waals surface area contributed by atoms with E-state index in [4.69, 9.17) is 5.11 Å². The highest BCUT2D eigenvalue weighted by Crippen LogP contribution is 2.26. The van der Waals surface area contributed by atoms with Crippen molar-refractivity contribution in [3.05, 3.63) is 65.0 Å². The highest BCUT2D eigenvalue weighted by atomic mass is 19.1. The first-order valence-corrected chi connectivity index (χ1v) is 6.48. The average molecular weight is 257 g/mol. The third kappa shape index (κ3) is 2.47. The molecule has 3 rings (SSSR count). The molecular formula is C16H16FNO. The summed E-state index contributed by atoms with van der Waals surface area (Å²) in [5, 5.41) is 9.16. The van der Waals surface area contributed by atoms with E-state index in [0.717, 1.165) is 25.2 Å². The topological polar surface area (TPSA) is 23.5 Å². The maximum Gasteiger partial charge on any atom is 0.125 e. The number of rotatable bonds is 2. The number of nitrogens with zero attached hydrogens (tertiary/aromatic N) is 1. The Balaban J connectivity index is 1.90. The molecule has 98 valence electrons. The summed E-state index contributed by atoms with van der Waals surface area (Å²) in [6.07, 6.45) is 0.973. The molecule has 0 saturated carbocycles. The maximum atomic E-state index is 13.5. The van der Waals surface area contributed by atoms with Gasteiger partial charge in [0.1, 0.15) is 5.82 Å². The molecule has 1 aliphatic rings. The molecule has 0 aliphatic carbocycles. The summed E-state index contributed by atoms with van der Waals surface area (Å²) in [6.45, 7) is 1.55. The molecule has 1 heterocycles. The zero-order chi connectivity index (χ0) is 13.2. The Kier molecular flexibility index (Phi) is 3.22. The molecule has 0 amide bonds. The molecule has 0 saturated heterocycles. The summed E-state index contributed by atoms with van der Waals surface area (Å²) in [5.74, 6) is -0.291. The van der Waals surface area contributed by atoms with Gasteiger partial charge >= 0.3 is 0 Å². The van der Waals surface area contributed by atoms with E-state index in [0.29, 0.717) is 5.56 Å². The number of hydrogen-bond acceptors (Lipinski definition) is 2. The van der Waals surface area contributed by atoms with Crippen LogP contribution in [-0.2, 0) is 19.6 Å². The molecule has 0 aromatic heterocycles. The van der Waals surface area contributed by atoms with Gasteiger partial charge in [0.05, 0.1) is 6.61 Å². The van der Waals surface area contributed by atoms with Crippen LogP contribution in [0.3, 0.4) is 0 Å². The third-order valence-electron chi connectivity index (χ3n) is 3.62. The Bertz CT molecular complexity index is 597. The van der Waals surface area contributed by atoms with Crippen LogP contribution in [-0.4, -0.2) is 11.7 Å². The smallest absolute Gasteiger partial charge is 0.125 e. The van der Waals surface area contributed by atoms with Gasteiger partial charge in [-0.25, -0.2) is 4.39 Å². The number of aliphatic hydroxyl groups is 1.